The van der Waals surface area contributed by atoms with E-state index in [1.54, 1.807) is 13.3 Å². The van der Waals surface area contributed by atoms with Crippen LogP contribution in [-0.4, -0.2) is 17.9 Å². The van der Waals surface area contributed by atoms with E-state index in [0.29, 0.717) is 5.75 Å². The second-order valence-electron chi connectivity index (χ2n) is 3.89. The molecule has 0 radical (unpaired) electrons. The van der Waals surface area contributed by atoms with Crippen LogP contribution in [0.2, 0.25) is 0 Å². The molecule has 0 aliphatic heterocycles. The lowest BCUT2D eigenvalue weighted by Crippen LogP contribution is -2.13. The predicted molar refractivity (Wildman–Crippen MR) is 72.4 cm³/mol. The van der Waals surface area contributed by atoms with Gasteiger partial charge >= 0.3 is 0 Å². The van der Waals surface area contributed by atoms with E-state index < -0.39 is 0 Å². The average Bonchev–Trinajstić information content (AvgIpc) is 2.41. The highest BCUT2D eigenvalue weighted by molar-refractivity contribution is 6.07. The molecule has 0 saturated carbocycles. The average molecular weight is 241 g/mol. The lowest BCUT2D eigenvalue weighted by molar-refractivity contribution is 0.414. The molecule has 0 unspecified atom stereocenters. The SMILES string of the molecule is COc1ccccc1C(=N)Nc1ccc(C)nc1. The number of rotatable bonds is 3. The lowest BCUT2D eigenvalue weighted by atomic mass is 10.2. The Hall–Kier alpha value is -2.36. The van der Waals surface area contributed by atoms with Gasteiger partial charge in [-0.05, 0) is 31.2 Å². The number of ether oxygens (including phenoxy) is 1. The van der Waals surface area contributed by atoms with Gasteiger partial charge in [-0.25, -0.2) is 0 Å². The Morgan fingerprint density at radius 3 is 2.67 bits per heavy atom. The molecular weight excluding hydrogens is 226 g/mol. The molecule has 4 heteroatoms. The first-order valence-electron chi connectivity index (χ1n) is 5.62. The van der Waals surface area contributed by atoms with Crippen LogP contribution in [0.1, 0.15) is 11.3 Å². The maximum Gasteiger partial charge on any atom is 0.133 e. The van der Waals surface area contributed by atoms with Crippen LogP contribution in [0.15, 0.2) is 42.6 Å². The van der Waals surface area contributed by atoms with Gasteiger partial charge in [0.1, 0.15) is 11.6 Å². The third kappa shape index (κ3) is 2.66. The van der Waals surface area contributed by atoms with Crippen LogP contribution in [0.4, 0.5) is 5.69 Å². The van der Waals surface area contributed by atoms with E-state index >= 15 is 0 Å². The van der Waals surface area contributed by atoms with Crippen molar-refractivity contribution >= 4 is 11.5 Å². The molecule has 0 saturated heterocycles. The summed E-state index contributed by atoms with van der Waals surface area (Å²) in [6, 6.07) is 11.2. The number of anilines is 1. The second kappa shape index (κ2) is 5.31. The van der Waals surface area contributed by atoms with Crippen molar-refractivity contribution in [2.45, 2.75) is 6.92 Å². The number of amidine groups is 1. The fourth-order valence-electron chi connectivity index (χ4n) is 1.60. The summed E-state index contributed by atoms with van der Waals surface area (Å²) in [6.07, 6.45) is 1.71. The number of hydrogen-bond acceptors (Lipinski definition) is 3. The molecule has 0 fully saturated rings. The summed E-state index contributed by atoms with van der Waals surface area (Å²) in [5.41, 5.74) is 2.46. The smallest absolute Gasteiger partial charge is 0.133 e. The molecule has 18 heavy (non-hydrogen) atoms. The molecule has 4 nitrogen and oxygen atoms in total. The van der Waals surface area contributed by atoms with Crippen LogP contribution in [0, 0.1) is 12.3 Å². The van der Waals surface area contributed by atoms with Crippen molar-refractivity contribution < 1.29 is 4.74 Å². The molecule has 2 N–H and O–H groups in total. The van der Waals surface area contributed by atoms with Gasteiger partial charge in [0.15, 0.2) is 0 Å². The Bertz CT molecular complexity index is 549. The van der Waals surface area contributed by atoms with E-state index in [4.69, 9.17) is 10.1 Å². The molecule has 1 aromatic heterocycles. The Morgan fingerprint density at radius 1 is 1.22 bits per heavy atom. The third-order valence-corrected chi connectivity index (χ3v) is 2.56. The summed E-state index contributed by atoms with van der Waals surface area (Å²) in [5, 5.41) is 11.0. The van der Waals surface area contributed by atoms with Crippen molar-refractivity contribution in [3.05, 3.63) is 53.9 Å². The summed E-state index contributed by atoms with van der Waals surface area (Å²) in [7, 11) is 1.60. The van der Waals surface area contributed by atoms with Gasteiger partial charge in [-0.3, -0.25) is 10.4 Å². The number of methoxy groups -OCH3 is 1. The minimum atomic E-state index is 0.290. The van der Waals surface area contributed by atoms with Crippen LogP contribution >= 0.6 is 0 Å². The van der Waals surface area contributed by atoms with Crippen LogP contribution < -0.4 is 10.1 Å². The first kappa shape index (κ1) is 12.1. The van der Waals surface area contributed by atoms with Gasteiger partial charge in [0, 0.05) is 5.69 Å². The monoisotopic (exact) mass is 241 g/mol. The van der Waals surface area contributed by atoms with Gasteiger partial charge < -0.3 is 10.1 Å². The number of aromatic nitrogens is 1. The first-order valence-corrected chi connectivity index (χ1v) is 5.62. The number of nitrogens with one attached hydrogen (secondary N) is 2. The summed E-state index contributed by atoms with van der Waals surface area (Å²) >= 11 is 0. The molecule has 2 aromatic rings. The van der Waals surface area contributed by atoms with Gasteiger partial charge in [-0.2, -0.15) is 0 Å². The summed E-state index contributed by atoms with van der Waals surface area (Å²) in [6.45, 7) is 1.93. The number of aryl methyl sites for hydroxylation is 1. The molecule has 1 heterocycles. The standard InChI is InChI=1S/C14H15N3O/c1-10-7-8-11(9-16-10)17-14(15)12-5-3-4-6-13(12)18-2/h3-9H,1-2H3,(H2,15,17). The van der Waals surface area contributed by atoms with E-state index in [1.807, 2.05) is 43.3 Å². The molecule has 0 spiro atoms. The highest BCUT2D eigenvalue weighted by Gasteiger charge is 2.07. The topological polar surface area (TPSA) is 58.0 Å². The van der Waals surface area contributed by atoms with Crippen LogP contribution in [0.25, 0.3) is 0 Å². The molecule has 92 valence electrons. The van der Waals surface area contributed by atoms with E-state index in [1.165, 1.54) is 0 Å². The third-order valence-electron chi connectivity index (χ3n) is 2.56. The molecule has 0 amide bonds. The van der Waals surface area contributed by atoms with Gasteiger partial charge in [0.2, 0.25) is 0 Å². The van der Waals surface area contributed by atoms with Gasteiger partial charge in [0.05, 0.1) is 24.6 Å². The maximum absolute atomic E-state index is 8.05. The van der Waals surface area contributed by atoms with E-state index in [-0.39, 0.29) is 5.84 Å². The van der Waals surface area contributed by atoms with Crippen molar-refractivity contribution in [3.8, 4) is 5.75 Å². The van der Waals surface area contributed by atoms with Crippen molar-refractivity contribution in [1.82, 2.24) is 4.98 Å². The van der Waals surface area contributed by atoms with Gasteiger partial charge in [0.25, 0.3) is 0 Å². The fraction of sp³-hybridized carbons (Fsp3) is 0.143. The zero-order chi connectivity index (χ0) is 13.0. The highest BCUT2D eigenvalue weighted by atomic mass is 16.5. The number of hydrogen-bond donors (Lipinski definition) is 2. The van der Waals surface area contributed by atoms with Crippen molar-refractivity contribution in [2.75, 3.05) is 12.4 Å². The predicted octanol–water partition coefficient (Wildman–Crippen LogP) is 2.84. The summed E-state index contributed by atoms with van der Waals surface area (Å²) in [5.74, 6) is 0.966. The first-order chi connectivity index (χ1) is 8.70. The molecule has 1 aromatic carbocycles. The minimum Gasteiger partial charge on any atom is -0.496 e. The van der Waals surface area contributed by atoms with Gasteiger partial charge in [-0.1, -0.05) is 12.1 Å². The lowest BCUT2D eigenvalue weighted by Gasteiger charge is -2.11. The highest BCUT2D eigenvalue weighted by Crippen LogP contribution is 2.18. The number of nitrogens with zero attached hydrogens (tertiary/aromatic N) is 1. The van der Waals surface area contributed by atoms with Gasteiger partial charge in [-0.15, -0.1) is 0 Å². The summed E-state index contributed by atoms with van der Waals surface area (Å²) in [4.78, 5) is 4.18. The number of pyridine rings is 1. The fourth-order valence-corrected chi connectivity index (χ4v) is 1.60. The van der Waals surface area contributed by atoms with E-state index in [0.717, 1.165) is 16.9 Å². The largest absolute Gasteiger partial charge is 0.496 e. The van der Waals surface area contributed by atoms with E-state index in [2.05, 4.69) is 10.3 Å². The van der Waals surface area contributed by atoms with Crippen molar-refractivity contribution in [3.63, 3.8) is 0 Å². The summed E-state index contributed by atoms with van der Waals surface area (Å²) < 4.78 is 5.23. The Morgan fingerprint density at radius 2 is 2.00 bits per heavy atom. The molecule has 0 aliphatic carbocycles. The number of para-hydroxylation sites is 1. The minimum absolute atomic E-state index is 0.290. The van der Waals surface area contributed by atoms with E-state index in [9.17, 15) is 0 Å². The maximum atomic E-state index is 8.05. The number of benzene rings is 1. The Kier molecular flexibility index (Phi) is 3.57. The normalized spacial score (nSPS) is 9.89. The molecule has 0 aliphatic rings. The molecular formula is C14H15N3O. The molecule has 2 rings (SSSR count). The quantitative estimate of drug-likeness (QED) is 0.641. The zero-order valence-corrected chi connectivity index (χ0v) is 10.4. The zero-order valence-electron chi connectivity index (χ0n) is 10.4. The second-order valence-corrected chi connectivity index (χ2v) is 3.89. The Balaban J connectivity index is 2.19. The van der Waals surface area contributed by atoms with Crippen LogP contribution in [-0.2, 0) is 0 Å². The van der Waals surface area contributed by atoms with Crippen LogP contribution in [0.5, 0.6) is 5.75 Å². The van der Waals surface area contributed by atoms with Crippen molar-refractivity contribution in [1.29, 1.82) is 5.41 Å². The van der Waals surface area contributed by atoms with Crippen LogP contribution in [0.3, 0.4) is 0 Å². The molecule has 0 atom stereocenters. The molecule has 0 bridgehead atoms. The van der Waals surface area contributed by atoms with Crippen molar-refractivity contribution in [2.24, 2.45) is 0 Å². The Labute approximate surface area is 106 Å².